The number of halogens is 3. The quantitative estimate of drug-likeness (QED) is 0.901. The van der Waals surface area contributed by atoms with E-state index in [4.69, 9.17) is 0 Å². The highest BCUT2D eigenvalue weighted by Crippen LogP contribution is 2.27. The molecule has 1 heterocycles. The fourth-order valence-electron chi connectivity index (χ4n) is 2.78. The third-order valence-corrected chi connectivity index (χ3v) is 4.26. The van der Waals surface area contributed by atoms with Crippen molar-refractivity contribution < 1.29 is 18.0 Å². The van der Waals surface area contributed by atoms with Gasteiger partial charge in [-0.1, -0.05) is 31.2 Å². The summed E-state index contributed by atoms with van der Waals surface area (Å²) in [7, 11) is 0. The summed E-state index contributed by atoms with van der Waals surface area (Å²) in [5.41, 5.74) is 2.31. The monoisotopic (exact) mass is 314 g/mol. The van der Waals surface area contributed by atoms with E-state index in [1.54, 1.807) is 6.92 Å². The Hall–Kier alpha value is -1.56. The first-order chi connectivity index (χ1) is 10.3. The van der Waals surface area contributed by atoms with Crippen molar-refractivity contribution in [2.45, 2.75) is 50.9 Å². The van der Waals surface area contributed by atoms with E-state index in [2.05, 4.69) is 17.6 Å². The third kappa shape index (κ3) is 4.00. The maximum atomic E-state index is 12.4. The number of amides is 1. The maximum absolute atomic E-state index is 12.4. The van der Waals surface area contributed by atoms with Crippen molar-refractivity contribution in [1.82, 2.24) is 10.6 Å². The number of rotatable bonds is 3. The zero-order valence-electron chi connectivity index (χ0n) is 12.7. The third-order valence-electron chi connectivity index (χ3n) is 4.26. The summed E-state index contributed by atoms with van der Waals surface area (Å²) in [6.07, 6.45) is -3.39. The van der Waals surface area contributed by atoms with Crippen LogP contribution < -0.4 is 10.6 Å². The van der Waals surface area contributed by atoms with Gasteiger partial charge in [-0.3, -0.25) is 4.79 Å². The van der Waals surface area contributed by atoms with E-state index in [1.807, 2.05) is 24.3 Å². The minimum Gasteiger partial charge on any atom is -0.344 e. The molecule has 2 N–H and O–H groups in total. The van der Waals surface area contributed by atoms with Crippen LogP contribution in [0.3, 0.4) is 0 Å². The molecule has 0 radical (unpaired) electrons. The molecule has 122 valence electrons. The molecule has 3 unspecified atom stereocenters. The molecule has 0 saturated carbocycles. The van der Waals surface area contributed by atoms with Crippen LogP contribution >= 0.6 is 0 Å². The Balaban J connectivity index is 2.05. The van der Waals surface area contributed by atoms with Gasteiger partial charge < -0.3 is 10.6 Å². The molecule has 1 aliphatic heterocycles. The van der Waals surface area contributed by atoms with Gasteiger partial charge in [-0.25, -0.2) is 0 Å². The first-order valence-electron chi connectivity index (χ1n) is 7.51. The Bertz CT molecular complexity index is 513. The predicted molar refractivity (Wildman–Crippen MR) is 78.6 cm³/mol. The largest absolute Gasteiger partial charge is 0.471 e. The summed E-state index contributed by atoms with van der Waals surface area (Å²) in [6, 6.07) is 7.40. The Morgan fingerprint density at radius 1 is 1.32 bits per heavy atom. The number of benzene rings is 1. The van der Waals surface area contributed by atoms with E-state index in [1.165, 1.54) is 5.56 Å². The van der Waals surface area contributed by atoms with Gasteiger partial charge in [0.05, 0.1) is 0 Å². The van der Waals surface area contributed by atoms with Gasteiger partial charge >= 0.3 is 12.1 Å². The van der Waals surface area contributed by atoms with Crippen LogP contribution in [0.15, 0.2) is 24.3 Å². The van der Waals surface area contributed by atoms with Crippen LogP contribution in [0.1, 0.15) is 37.3 Å². The molecule has 1 aliphatic rings. The standard InChI is InChI=1S/C16H21F3N2O/c1-3-11-4-6-12(7-5-11)13-8-14(10(2)20-9-13)21-15(22)16(17,18)19/h4-7,10,13-14,20H,3,8-9H2,1-2H3,(H,21,22). The molecular formula is C16H21F3N2O. The minimum absolute atomic E-state index is 0.0978. The van der Waals surface area contributed by atoms with Gasteiger partial charge in [0.1, 0.15) is 0 Å². The first kappa shape index (κ1) is 16.8. The van der Waals surface area contributed by atoms with Crippen molar-refractivity contribution in [1.29, 1.82) is 0 Å². The highest BCUT2D eigenvalue weighted by atomic mass is 19.4. The zero-order valence-corrected chi connectivity index (χ0v) is 12.7. The average Bonchev–Trinajstić information content (AvgIpc) is 2.48. The first-order valence-corrected chi connectivity index (χ1v) is 7.51. The summed E-state index contributed by atoms with van der Waals surface area (Å²) in [4.78, 5) is 11.1. The minimum atomic E-state index is -4.84. The molecule has 0 spiro atoms. The van der Waals surface area contributed by atoms with Crippen LogP contribution in [0.4, 0.5) is 13.2 Å². The van der Waals surface area contributed by atoms with Gasteiger partial charge in [0, 0.05) is 18.6 Å². The molecule has 0 aliphatic carbocycles. The highest BCUT2D eigenvalue weighted by molar-refractivity contribution is 5.82. The topological polar surface area (TPSA) is 41.1 Å². The molecule has 3 nitrogen and oxygen atoms in total. The molecule has 0 bridgehead atoms. The van der Waals surface area contributed by atoms with Crippen molar-refractivity contribution in [2.24, 2.45) is 0 Å². The average molecular weight is 314 g/mol. The van der Waals surface area contributed by atoms with Gasteiger partial charge in [0.25, 0.3) is 0 Å². The van der Waals surface area contributed by atoms with Gasteiger partial charge in [-0.2, -0.15) is 13.2 Å². The fourth-order valence-corrected chi connectivity index (χ4v) is 2.78. The lowest BCUT2D eigenvalue weighted by Crippen LogP contribution is -2.56. The maximum Gasteiger partial charge on any atom is 0.471 e. The lowest BCUT2D eigenvalue weighted by molar-refractivity contribution is -0.174. The number of aryl methyl sites for hydroxylation is 1. The summed E-state index contributed by atoms with van der Waals surface area (Å²) < 4.78 is 37.2. The fraction of sp³-hybridized carbons (Fsp3) is 0.562. The predicted octanol–water partition coefficient (Wildman–Crippen LogP) is 2.76. The second-order valence-electron chi connectivity index (χ2n) is 5.80. The van der Waals surface area contributed by atoms with Crippen LogP contribution in [0.25, 0.3) is 0 Å². The highest BCUT2D eigenvalue weighted by Gasteiger charge is 2.41. The SMILES string of the molecule is CCc1ccc(C2CNC(C)C(NC(=O)C(F)(F)F)C2)cc1. The number of hydrogen-bond donors (Lipinski definition) is 2. The number of alkyl halides is 3. The second-order valence-corrected chi connectivity index (χ2v) is 5.80. The smallest absolute Gasteiger partial charge is 0.344 e. The van der Waals surface area contributed by atoms with Crippen LogP contribution in [0, 0.1) is 0 Å². The van der Waals surface area contributed by atoms with E-state index in [0.29, 0.717) is 13.0 Å². The molecule has 1 amide bonds. The van der Waals surface area contributed by atoms with E-state index in [0.717, 1.165) is 12.0 Å². The number of nitrogens with one attached hydrogen (secondary N) is 2. The summed E-state index contributed by atoms with van der Waals surface area (Å²) in [5.74, 6) is -1.77. The Morgan fingerprint density at radius 3 is 2.50 bits per heavy atom. The molecule has 0 aromatic heterocycles. The Kier molecular flexibility index (Phi) is 5.11. The molecule has 1 aromatic rings. The number of piperidine rings is 1. The lowest BCUT2D eigenvalue weighted by atomic mass is 9.85. The van der Waals surface area contributed by atoms with Crippen molar-refractivity contribution in [3.63, 3.8) is 0 Å². The molecular weight excluding hydrogens is 293 g/mol. The summed E-state index contributed by atoms with van der Waals surface area (Å²) in [5, 5.41) is 5.29. The second kappa shape index (κ2) is 6.69. The molecule has 2 rings (SSSR count). The molecule has 3 atom stereocenters. The number of carbonyl (C=O) groups excluding carboxylic acids is 1. The van der Waals surface area contributed by atoms with Crippen molar-refractivity contribution in [2.75, 3.05) is 6.54 Å². The van der Waals surface area contributed by atoms with E-state index in [9.17, 15) is 18.0 Å². The van der Waals surface area contributed by atoms with Gasteiger partial charge in [0.15, 0.2) is 0 Å². The summed E-state index contributed by atoms with van der Waals surface area (Å²) >= 11 is 0. The van der Waals surface area contributed by atoms with E-state index in [-0.39, 0.29) is 12.0 Å². The number of hydrogen-bond acceptors (Lipinski definition) is 2. The Morgan fingerprint density at radius 2 is 1.95 bits per heavy atom. The zero-order chi connectivity index (χ0) is 16.3. The molecule has 1 aromatic carbocycles. The van der Waals surface area contributed by atoms with Gasteiger partial charge in [-0.05, 0) is 36.8 Å². The van der Waals surface area contributed by atoms with Crippen molar-refractivity contribution in [3.8, 4) is 0 Å². The molecule has 1 saturated heterocycles. The molecule has 1 fully saturated rings. The van der Waals surface area contributed by atoms with Gasteiger partial charge in [-0.15, -0.1) is 0 Å². The molecule has 22 heavy (non-hydrogen) atoms. The van der Waals surface area contributed by atoms with E-state index < -0.39 is 18.1 Å². The van der Waals surface area contributed by atoms with Crippen LogP contribution in [-0.4, -0.2) is 30.7 Å². The lowest BCUT2D eigenvalue weighted by Gasteiger charge is -2.36. The van der Waals surface area contributed by atoms with E-state index >= 15 is 0 Å². The summed E-state index contributed by atoms with van der Waals surface area (Å²) in [6.45, 7) is 4.56. The van der Waals surface area contributed by atoms with Crippen molar-refractivity contribution in [3.05, 3.63) is 35.4 Å². The Labute approximate surface area is 128 Å². The molecule has 6 heteroatoms. The van der Waals surface area contributed by atoms with Crippen molar-refractivity contribution >= 4 is 5.91 Å². The number of carbonyl (C=O) groups is 1. The van der Waals surface area contributed by atoms with Crippen LogP contribution in [0.2, 0.25) is 0 Å². The normalized spacial score (nSPS) is 25.8. The van der Waals surface area contributed by atoms with Crippen LogP contribution in [-0.2, 0) is 11.2 Å². The van der Waals surface area contributed by atoms with Gasteiger partial charge in [0.2, 0.25) is 0 Å². The van der Waals surface area contributed by atoms with Crippen LogP contribution in [0.5, 0.6) is 0 Å².